The first-order valence-corrected chi connectivity index (χ1v) is 6.55. The van der Waals surface area contributed by atoms with Crippen LogP contribution in [0.5, 0.6) is 0 Å². The summed E-state index contributed by atoms with van der Waals surface area (Å²) < 4.78 is 0. The van der Waals surface area contributed by atoms with Crippen LogP contribution in [-0.2, 0) is 11.3 Å². The molecule has 0 aromatic heterocycles. The zero-order chi connectivity index (χ0) is 12.5. The van der Waals surface area contributed by atoms with E-state index in [1.165, 1.54) is 0 Å². The Morgan fingerprint density at radius 1 is 1.41 bits per heavy atom. The number of benzene rings is 1. The van der Waals surface area contributed by atoms with Gasteiger partial charge in [-0.05, 0) is 12.5 Å². The lowest BCUT2D eigenvalue weighted by Crippen LogP contribution is -2.35. The fourth-order valence-electron chi connectivity index (χ4n) is 2.14. The Morgan fingerprint density at radius 3 is 2.59 bits per heavy atom. The molecule has 0 N–H and O–H groups in total. The van der Waals surface area contributed by atoms with Crippen LogP contribution >= 0.6 is 23.2 Å². The molecule has 0 spiro atoms. The fraction of sp³-hybridized carbons (Fsp3) is 0.462. The van der Waals surface area contributed by atoms with E-state index in [4.69, 9.17) is 23.2 Å². The second-order valence-electron chi connectivity index (χ2n) is 4.60. The van der Waals surface area contributed by atoms with Crippen molar-refractivity contribution in [1.82, 2.24) is 4.90 Å². The first-order valence-electron chi connectivity index (χ1n) is 5.64. The predicted molar refractivity (Wildman–Crippen MR) is 70.3 cm³/mol. The Morgan fingerprint density at radius 2 is 2.06 bits per heavy atom. The quantitative estimate of drug-likeness (QED) is 0.775. The van der Waals surface area contributed by atoms with E-state index in [2.05, 4.69) is 0 Å². The number of amides is 1. The third-order valence-corrected chi connectivity index (χ3v) is 4.16. The number of likely N-dealkylation sites (tertiary alicyclic amines) is 1. The van der Waals surface area contributed by atoms with Gasteiger partial charge in [-0.25, -0.2) is 0 Å². The van der Waals surface area contributed by atoms with Crippen molar-refractivity contribution in [1.29, 1.82) is 0 Å². The van der Waals surface area contributed by atoms with E-state index in [-0.39, 0.29) is 11.8 Å². The lowest BCUT2D eigenvalue weighted by Gasteiger charge is -2.19. The molecule has 1 heterocycles. The molecule has 0 bridgehead atoms. The summed E-state index contributed by atoms with van der Waals surface area (Å²) in [6.45, 7) is 3.00. The molecule has 1 aromatic carbocycles. The molecular formula is C13H15Cl2NO. The van der Waals surface area contributed by atoms with Gasteiger partial charge in [-0.3, -0.25) is 4.79 Å². The molecule has 1 amide bonds. The summed E-state index contributed by atoms with van der Waals surface area (Å²) in [7, 11) is 0. The summed E-state index contributed by atoms with van der Waals surface area (Å²) in [5.41, 5.74) is 1.11. The topological polar surface area (TPSA) is 20.3 Å². The van der Waals surface area contributed by atoms with E-state index in [0.29, 0.717) is 19.0 Å². The van der Waals surface area contributed by atoms with Crippen molar-refractivity contribution < 1.29 is 4.79 Å². The standard InChI is InChI=1S/C13H15Cl2NO/c1-13(15)11(7-14)9-16(12(13)17)8-10-5-3-2-4-6-10/h2-6,11H,7-9H2,1H3/t11-,13+/m0/s1. The van der Waals surface area contributed by atoms with Crippen molar-refractivity contribution in [2.45, 2.75) is 18.3 Å². The van der Waals surface area contributed by atoms with Crippen LogP contribution in [0.1, 0.15) is 12.5 Å². The second kappa shape index (κ2) is 4.87. The van der Waals surface area contributed by atoms with Gasteiger partial charge in [0.2, 0.25) is 5.91 Å². The molecule has 2 rings (SSSR count). The number of halogens is 2. The largest absolute Gasteiger partial charge is 0.336 e. The number of alkyl halides is 2. The summed E-state index contributed by atoms with van der Waals surface area (Å²) >= 11 is 12.1. The second-order valence-corrected chi connectivity index (χ2v) is 5.69. The third kappa shape index (κ3) is 2.43. The van der Waals surface area contributed by atoms with Gasteiger partial charge in [0.25, 0.3) is 0 Å². The molecule has 1 fully saturated rings. The number of carbonyl (C=O) groups excluding carboxylic acids is 1. The van der Waals surface area contributed by atoms with Crippen LogP contribution in [0.3, 0.4) is 0 Å². The smallest absolute Gasteiger partial charge is 0.244 e. The van der Waals surface area contributed by atoms with Crippen LogP contribution in [0.2, 0.25) is 0 Å². The average Bonchev–Trinajstić information content (AvgIpc) is 2.54. The Hall–Kier alpha value is -0.730. The van der Waals surface area contributed by atoms with Crippen LogP contribution in [0, 0.1) is 5.92 Å². The SMILES string of the molecule is C[C@]1(Cl)C(=O)N(Cc2ccccc2)C[C@@H]1CCl. The minimum Gasteiger partial charge on any atom is -0.336 e. The van der Waals surface area contributed by atoms with E-state index in [1.54, 1.807) is 11.8 Å². The van der Waals surface area contributed by atoms with Gasteiger partial charge in [0.1, 0.15) is 4.87 Å². The van der Waals surface area contributed by atoms with Gasteiger partial charge in [0.15, 0.2) is 0 Å². The Kier molecular flexibility index (Phi) is 3.64. The molecule has 2 atom stereocenters. The third-order valence-electron chi connectivity index (χ3n) is 3.32. The predicted octanol–water partition coefficient (Wildman–Crippen LogP) is 2.88. The molecule has 0 aliphatic carbocycles. The maximum atomic E-state index is 12.1. The zero-order valence-electron chi connectivity index (χ0n) is 9.70. The summed E-state index contributed by atoms with van der Waals surface area (Å²) in [5.74, 6) is 0.410. The first-order chi connectivity index (χ1) is 8.05. The van der Waals surface area contributed by atoms with Crippen LogP contribution in [0.4, 0.5) is 0 Å². The molecule has 92 valence electrons. The molecule has 1 aromatic rings. The lowest BCUT2D eigenvalue weighted by molar-refractivity contribution is -0.130. The number of nitrogens with zero attached hydrogens (tertiary/aromatic N) is 1. The monoisotopic (exact) mass is 271 g/mol. The molecule has 1 aliphatic heterocycles. The van der Waals surface area contributed by atoms with Gasteiger partial charge in [-0.2, -0.15) is 0 Å². The van der Waals surface area contributed by atoms with Crippen LogP contribution in [0.25, 0.3) is 0 Å². The van der Waals surface area contributed by atoms with E-state index in [0.717, 1.165) is 5.56 Å². The van der Waals surface area contributed by atoms with Gasteiger partial charge in [-0.1, -0.05) is 30.3 Å². The zero-order valence-corrected chi connectivity index (χ0v) is 11.2. The van der Waals surface area contributed by atoms with Crippen LogP contribution < -0.4 is 0 Å². The highest BCUT2D eigenvalue weighted by Gasteiger charge is 2.48. The fourth-order valence-corrected chi connectivity index (χ4v) is 2.89. The van der Waals surface area contributed by atoms with Crippen molar-refractivity contribution in [3.63, 3.8) is 0 Å². The maximum Gasteiger partial charge on any atom is 0.244 e. The molecule has 1 saturated heterocycles. The van der Waals surface area contributed by atoms with Crippen molar-refractivity contribution in [2.24, 2.45) is 5.92 Å². The average molecular weight is 272 g/mol. The van der Waals surface area contributed by atoms with Gasteiger partial charge in [0.05, 0.1) is 0 Å². The molecule has 0 unspecified atom stereocenters. The molecular weight excluding hydrogens is 257 g/mol. The van der Waals surface area contributed by atoms with Crippen LogP contribution in [0.15, 0.2) is 30.3 Å². The normalized spacial score (nSPS) is 28.8. The minimum absolute atomic E-state index is 0.0158. The van der Waals surface area contributed by atoms with Gasteiger partial charge in [-0.15, -0.1) is 23.2 Å². The lowest BCUT2D eigenvalue weighted by atomic mass is 9.99. The van der Waals surface area contributed by atoms with Gasteiger partial charge >= 0.3 is 0 Å². The van der Waals surface area contributed by atoms with E-state index in [1.807, 2.05) is 30.3 Å². The Bertz CT molecular complexity index is 405. The summed E-state index contributed by atoms with van der Waals surface area (Å²) in [4.78, 5) is 13.1. The number of rotatable bonds is 3. The van der Waals surface area contributed by atoms with Crippen molar-refractivity contribution in [3.8, 4) is 0 Å². The molecule has 1 aliphatic rings. The minimum atomic E-state index is -0.851. The van der Waals surface area contributed by atoms with Crippen molar-refractivity contribution >= 4 is 29.1 Å². The van der Waals surface area contributed by atoms with Crippen molar-refractivity contribution in [2.75, 3.05) is 12.4 Å². The summed E-state index contributed by atoms with van der Waals surface area (Å²) in [5, 5.41) is 0. The molecule has 4 heteroatoms. The van der Waals surface area contributed by atoms with Crippen molar-refractivity contribution in [3.05, 3.63) is 35.9 Å². The maximum absolute atomic E-state index is 12.1. The highest BCUT2D eigenvalue weighted by atomic mass is 35.5. The molecule has 2 nitrogen and oxygen atoms in total. The van der Waals surface area contributed by atoms with Gasteiger partial charge in [0, 0.05) is 24.9 Å². The highest BCUT2D eigenvalue weighted by molar-refractivity contribution is 6.36. The first kappa shape index (κ1) is 12.7. The van der Waals surface area contributed by atoms with Gasteiger partial charge < -0.3 is 4.90 Å². The number of hydrogen-bond acceptors (Lipinski definition) is 1. The summed E-state index contributed by atoms with van der Waals surface area (Å²) in [6.07, 6.45) is 0. The molecule has 0 saturated carbocycles. The van der Waals surface area contributed by atoms with Crippen LogP contribution in [-0.4, -0.2) is 28.1 Å². The Labute approximate surface area is 112 Å². The molecule has 17 heavy (non-hydrogen) atoms. The number of carbonyl (C=O) groups is 1. The van der Waals surface area contributed by atoms with E-state index < -0.39 is 4.87 Å². The summed E-state index contributed by atoms with van der Waals surface area (Å²) in [6, 6.07) is 9.91. The van der Waals surface area contributed by atoms with E-state index in [9.17, 15) is 4.79 Å². The molecule has 0 radical (unpaired) electrons. The number of hydrogen-bond donors (Lipinski definition) is 0. The Balaban J connectivity index is 2.12. The van der Waals surface area contributed by atoms with E-state index >= 15 is 0 Å². The highest BCUT2D eigenvalue weighted by Crippen LogP contribution is 2.36.